The fourth-order valence-corrected chi connectivity index (χ4v) is 2.97. The molecule has 0 atom stereocenters. The molecule has 1 aromatic carbocycles. The molecule has 0 fully saturated rings. The van der Waals surface area contributed by atoms with Gasteiger partial charge in [0.25, 0.3) is 5.69 Å². The van der Waals surface area contributed by atoms with Crippen molar-refractivity contribution in [2.75, 3.05) is 0 Å². The van der Waals surface area contributed by atoms with Gasteiger partial charge in [-0.05, 0) is 30.3 Å². The molecule has 0 unspecified atom stereocenters. The van der Waals surface area contributed by atoms with E-state index in [1.54, 1.807) is 0 Å². The Balaban J connectivity index is 2.43. The lowest BCUT2D eigenvalue weighted by molar-refractivity contribution is -0.385. The summed E-state index contributed by atoms with van der Waals surface area (Å²) in [5.41, 5.74) is -0.381. The van der Waals surface area contributed by atoms with Crippen molar-refractivity contribution < 1.29 is 48.8 Å². The van der Waals surface area contributed by atoms with E-state index in [9.17, 15) is 54.0 Å². The maximum absolute atomic E-state index is 13.5. The average molecular weight is 486 g/mol. The van der Waals surface area contributed by atoms with Crippen LogP contribution in [0.1, 0.15) is 17.0 Å². The van der Waals surface area contributed by atoms with Gasteiger partial charge in [0.05, 0.1) is 11.5 Å². The van der Waals surface area contributed by atoms with Crippen LogP contribution in [0.25, 0.3) is 0 Å². The highest BCUT2D eigenvalue weighted by atomic mass is 32.2. The summed E-state index contributed by atoms with van der Waals surface area (Å²) in [6.07, 6.45) is -12.0. The normalized spacial score (nSPS) is 13.5. The lowest BCUT2D eigenvalue weighted by Crippen LogP contribution is -2.50. The number of aryl methyl sites for hydroxylation is 1. The van der Waals surface area contributed by atoms with Crippen LogP contribution in [0, 0.1) is 17.0 Å². The first-order chi connectivity index (χ1) is 13.9. The van der Waals surface area contributed by atoms with Gasteiger partial charge < -0.3 is 0 Å². The van der Waals surface area contributed by atoms with Crippen LogP contribution in [-0.4, -0.2) is 37.0 Å². The highest BCUT2D eigenvalue weighted by molar-refractivity contribution is 8.00. The molecule has 31 heavy (non-hydrogen) atoms. The van der Waals surface area contributed by atoms with Crippen LogP contribution < -0.4 is 0 Å². The fraction of sp³-hybridized carbons (Fsp3) is 0.429. The second-order valence-electron chi connectivity index (χ2n) is 5.94. The quantitative estimate of drug-likeness (QED) is 0.235. The van der Waals surface area contributed by atoms with E-state index in [0.717, 1.165) is 18.2 Å². The molecule has 1 aromatic heterocycles. The van der Waals surface area contributed by atoms with Crippen LogP contribution in [0.3, 0.4) is 0 Å². The first-order valence-corrected chi connectivity index (χ1v) is 8.46. The van der Waals surface area contributed by atoms with Gasteiger partial charge in [-0.2, -0.15) is 48.9 Å². The third-order valence-corrected chi connectivity index (χ3v) is 4.51. The molecule has 0 amide bonds. The zero-order chi connectivity index (χ0) is 24.0. The summed E-state index contributed by atoms with van der Waals surface area (Å²) < 4.78 is 129. The van der Waals surface area contributed by atoms with Crippen molar-refractivity contribution in [3.05, 3.63) is 45.3 Å². The van der Waals surface area contributed by atoms with Crippen molar-refractivity contribution in [2.24, 2.45) is 0 Å². The highest BCUT2D eigenvalue weighted by Crippen LogP contribution is 2.53. The Morgan fingerprint density at radius 1 is 1.06 bits per heavy atom. The van der Waals surface area contributed by atoms with E-state index in [1.807, 2.05) is 0 Å². The molecule has 0 bridgehead atoms. The predicted octanol–water partition coefficient (Wildman–Crippen LogP) is 5.44. The van der Waals surface area contributed by atoms with Gasteiger partial charge in [-0.1, -0.05) is 6.07 Å². The summed E-state index contributed by atoms with van der Waals surface area (Å²) >= 11 is -1.58. The monoisotopic (exact) mass is 486 g/mol. The number of alkyl halides is 10. The van der Waals surface area contributed by atoms with E-state index in [0.29, 0.717) is 0 Å². The minimum atomic E-state index is -6.69. The molecular formula is C14H8F10N4O2S. The molecule has 0 spiro atoms. The van der Waals surface area contributed by atoms with E-state index < -0.39 is 57.7 Å². The summed E-state index contributed by atoms with van der Waals surface area (Å²) in [5.74, 6) is -8.53. The highest BCUT2D eigenvalue weighted by Gasteiger charge is 2.74. The van der Waals surface area contributed by atoms with Gasteiger partial charge in [0.2, 0.25) is 11.0 Å². The van der Waals surface area contributed by atoms with Crippen LogP contribution in [0.2, 0.25) is 0 Å². The largest absolute Gasteiger partial charge is 0.460 e. The van der Waals surface area contributed by atoms with Crippen molar-refractivity contribution in [1.29, 1.82) is 0 Å². The lowest BCUT2D eigenvalue weighted by Gasteiger charge is -2.26. The van der Waals surface area contributed by atoms with Crippen molar-refractivity contribution >= 4 is 17.4 Å². The molecule has 0 saturated heterocycles. The second-order valence-corrected chi connectivity index (χ2v) is 7.02. The standard InChI is InChI=1S/C14H8F10N4O2S/c1-6-4-7(2-3-8(6)28(29)30)5-27-9(11(15,16)17)25-10(26-27)31-14(23,24)12(18,19)13(20,21)22/h2-4H,5H2,1H3. The molecule has 172 valence electrons. The van der Waals surface area contributed by atoms with Crippen LogP contribution in [0.4, 0.5) is 49.6 Å². The summed E-state index contributed by atoms with van der Waals surface area (Å²) in [4.78, 5) is 12.6. The van der Waals surface area contributed by atoms with Gasteiger partial charge in [0.1, 0.15) is 0 Å². The molecule has 0 aliphatic carbocycles. The molecule has 2 aromatic rings. The molecule has 0 radical (unpaired) electrons. The molecule has 1 heterocycles. The van der Waals surface area contributed by atoms with Gasteiger partial charge in [-0.15, -0.1) is 5.10 Å². The van der Waals surface area contributed by atoms with Crippen molar-refractivity contribution in [2.45, 2.75) is 42.2 Å². The smallest absolute Gasteiger partial charge is 0.258 e. The number of aromatic nitrogens is 3. The van der Waals surface area contributed by atoms with Crippen molar-refractivity contribution in [1.82, 2.24) is 14.8 Å². The molecule has 17 heteroatoms. The minimum Gasteiger partial charge on any atom is -0.258 e. The Hall–Kier alpha value is -2.59. The number of hydrogen-bond donors (Lipinski definition) is 0. The second kappa shape index (κ2) is 7.83. The summed E-state index contributed by atoms with van der Waals surface area (Å²) in [6.45, 7) is 0.414. The van der Waals surface area contributed by atoms with Crippen LogP contribution in [-0.2, 0) is 12.7 Å². The Morgan fingerprint density at radius 3 is 2.10 bits per heavy atom. The predicted molar refractivity (Wildman–Crippen MR) is 83.8 cm³/mol. The maximum Gasteiger partial charge on any atom is 0.460 e. The van der Waals surface area contributed by atoms with Crippen molar-refractivity contribution in [3.8, 4) is 0 Å². The Kier molecular flexibility index (Phi) is 6.23. The van der Waals surface area contributed by atoms with E-state index in [-0.39, 0.29) is 21.5 Å². The molecule has 0 N–H and O–H groups in total. The minimum absolute atomic E-state index is 0.0297. The average Bonchev–Trinajstić information content (AvgIpc) is 2.95. The Labute approximate surface area is 169 Å². The molecule has 6 nitrogen and oxygen atoms in total. The number of halogens is 10. The number of thioether (sulfide) groups is 1. The summed E-state index contributed by atoms with van der Waals surface area (Å²) in [7, 11) is 0. The molecule has 2 rings (SSSR count). The van der Waals surface area contributed by atoms with Gasteiger partial charge in [0.15, 0.2) is 0 Å². The number of benzene rings is 1. The maximum atomic E-state index is 13.5. The van der Waals surface area contributed by atoms with E-state index in [1.165, 1.54) is 6.92 Å². The number of nitrogens with zero attached hydrogens (tertiary/aromatic N) is 4. The zero-order valence-corrected chi connectivity index (χ0v) is 15.5. The van der Waals surface area contributed by atoms with Crippen LogP contribution in [0.5, 0.6) is 0 Å². The fourth-order valence-electron chi connectivity index (χ4n) is 2.22. The Bertz CT molecular complexity index is 986. The first-order valence-electron chi connectivity index (χ1n) is 7.64. The molecular weight excluding hydrogens is 478 g/mol. The van der Waals surface area contributed by atoms with Gasteiger partial charge in [0, 0.05) is 11.6 Å². The van der Waals surface area contributed by atoms with Crippen molar-refractivity contribution in [3.63, 3.8) is 0 Å². The number of nitro groups is 1. The number of rotatable bonds is 6. The van der Waals surface area contributed by atoms with Gasteiger partial charge in [-0.25, -0.2) is 4.68 Å². The lowest BCUT2D eigenvalue weighted by atomic mass is 10.1. The topological polar surface area (TPSA) is 73.8 Å². The van der Waals surface area contributed by atoms with Gasteiger partial charge >= 0.3 is 23.5 Å². The third kappa shape index (κ3) is 5.01. The number of nitro benzene ring substituents is 1. The SMILES string of the molecule is Cc1cc(Cn2nc(SC(F)(F)C(F)(F)C(F)(F)F)nc2C(F)(F)F)ccc1[N+](=O)[O-]. The Morgan fingerprint density at radius 2 is 1.65 bits per heavy atom. The van der Waals surface area contributed by atoms with Gasteiger partial charge in [-0.3, -0.25) is 10.1 Å². The van der Waals surface area contributed by atoms with E-state index >= 15 is 0 Å². The zero-order valence-electron chi connectivity index (χ0n) is 14.7. The van der Waals surface area contributed by atoms with E-state index in [4.69, 9.17) is 0 Å². The molecule has 0 aliphatic rings. The summed E-state index contributed by atoms with van der Waals surface area (Å²) in [5, 5.41) is 6.16. The summed E-state index contributed by atoms with van der Waals surface area (Å²) in [6, 6.07) is 3.05. The molecule has 0 aliphatic heterocycles. The molecule has 0 saturated carbocycles. The van der Waals surface area contributed by atoms with Crippen LogP contribution in [0.15, 0.2) is 23.4 Å². The first kappa shape index (κ1) is 24.7. The van der Waals surface area contributed by atoms with E-state index in [2.05, 4.69) is 10.1 Å². The van der Waals surface area contributed by atoms with Crippen LogP contribution >= 0.6 is 11.8 Å². The third-order valence-electron chi connectivity index (χ3n) is 3.64. The number of hydrogen-bond acceptors (Lipinski definition) is 5.